The van der Waals surface area contributed by atoms with Crippen molar-refractivity contribution in [2.75, 3.05) is 5.32 Å². The van der Waals surface area contributed by atoms with E-state index in [1.165, 1.54) is 12.8 Å². The number of hydrogen-bond acceptors (Lipinski definition) is 5. The second-order valence-corrected chi connectivity index (χ2v) is 4.01. The summed E-state index contributed by atoms with van der Waals surface area (Å²) in [5, 5.41) is 11.2. The monoisotopic (exact) mass is 236 g/mol. The summed E-state index contributed by atoms with van der Waals surface area (Å²) in [6, 6.07) is 1.71. The van der Waals surface area contributed by atoms with Gasteiger partial charge in [0.05, 0.1) is 0 Å². The topological polar surface area (TPSA) is 79.4 Å². The number of aromatic amines is 1. The van der Waals surface area contributed by atoms with E-state index in [0.29, 0.717) is 17.7 Å². The number of hydrogen-bond donors (Lipinski definition) is 2. The summed E-state index contributed by atoms with van der Waals surface area (Å²) in [7, 11) is 0. The molecule has 2 heterocycles. The third kappa shape index (κ3) is 1.96. The van der Waals surface area contributed by atoms with Crippen molar-refractivity contribution in [3.8, 4) is 0 Å². The summed E-state index contributed by atoms with van der Waals surface area (Å²) < 4.78 is 0. The van der Waals surface area contributed by atoms with E-state index in [-0.39, 0.29) is 5.28 Å². The Morgan fingerprint density at radius 1 is 1.38 bits per heavy atom. The van der Waals surface area contributed by atoms with E-state index < -0.39 is 0 Å². The van der Waals surface area contributed by atoms with Gasteiger partial charge in [0.1, 0.15) is 11.6 Å². The number of rotatable bonds is 3. The number of aromatic nitrogens is 5. The quantitative estimate of drug-likeness (QED) is 0.796. The Labute approximate surface area is 96.5 Å². The van der Waals surface area contributed by atoms with Crippen LogP contribution in [0, 0.1) is 0 Å². The predicted octanol–water partition coefficient (Wildman–Crippen LogP) is 1.87. The van der Waals surface area contributed by atoms with Crippen LogP contribution in [0.15, 0.2) is 12.3 Å². The maximum Gasteiger partial charge on any atom is 0.227 e. The molecule has 0 aromatic carbocycles. The fraction of sp³-hybridized carbons (Fsp3) is 0.333. The van der Waals surface area contributed by atoms with Gasteiger partial charge in [0.25, 0.3) is 0 Å². The molecule has 1 aliphatic rings. The van der Waals surface area contributed by atoms with Gasteiger partial charge in [0, 0.05) is 12.1 Å². The lowest BCUT2D eigenvalue weighted by Gasteiger charge is -1.99. The van der Waals surface area contributed by atoms with Crippen molar-refractivity contribution in [2.45, 2.75) is 18.8 Å². The molecule has 16 heavy (non-hydrogen) atoms. The Morgan fingerprint density at radius 3 is 3.00 bits per heavy atom. The van der Waals surface area contributed by atoms with Crippen LogP contribution in [0.4, 0.5) is 11.8 Å². The third-order valence-corrected chi connectivity index (χ3v) is 2.52. The number of halogens is 1. The van der Waals surface area contributed by atoms with Crippen LogP contribution in [0.1, 0.15) is 24.6 Å². The molecule has 0 radical (unpaired) electrons. The van der Waals surface area contributed by atoms with Gasteiger partial charge in [0.2, 0.25) is 11.2 Å². The molecule has 1 fully saturated rings. The molecular weight excluding hydrogens is 228 g/mol. The van der Waals surface area contributed by atoms with Crippen LogP contribution in [-0.4, -0.2) is 25.1 Å². The molecule has 0 unspecified atom stereocenters. The van der Waals surface area contributed by atoms with Crippen LogP contribution < -0.4 is 5.32 Å². The molecule has 0 spiro atoms. The normalized spacial score (nSPS) is 15.1. The van der Waals surface area contributed by atoms with Gasteiger partial charge in [-0.25, -0.2) is 9.97 Å². The summed E-state index contributed by atoms with van der Waals surface area (Å²) >= 11 is 5.67. The van der Waals surface area contributed by atoms with Crippen LogP contribution in [0.2, 0.25) is 5.28 Å². The van der Waals surface area contributed by atoms with Gasteiger partial charge >= 0.3 is 0 Å². The zero-order chi connectivity index (χ0) is 11.0. The lowest BCUT2D eigenvalue weighted by Crippen LogP contribution is -1.96. The highest BCUT2D eigenvalue weighted by Crippen LogP contribution is 2.38. The fourth-order valence-corrected chi connectivity index (χ4v) is 1.55. The summed E-state index contributed by atoms with van der Waals surface area (Å²) in [5.74, 6) is 2.66. The van der Waals surface area contributed by atoms with Gasteiger partial charge in [0.15, 0.2) is 0 Å². The van der Waals surface area contributed by atoms with Crippen molar-refractivity contribution < 1.29 is 0 Å². The van der Waals surface area contributed by atoms with Crippen LogP contribution in [0.3, 0.4) is 0 Å². The number of nitrogens with one attached hydrogen (secondary N) is 2. The molecule has 7 heteroatoms. The Bertz CT molecular complexity index is 506. The summed E-state index contributed by atoms with van der Waals surface area (Å²) in [6.45, 7) is 0. The Hall–Kier alpha value is -1.69. The van der Waals surface area contributed by atoms with E-state index in [1.54, 1.807) is 12.3 Å². The highest BCUT2D eigenvalue weighted by molar-refractivity contribution is 6.28. The molecule has 2 N–H and O–H groups in total. The summed E-state index contributed by atoms with van der Waals surface area (Å²) in [6.07, 6.45) is 3.96. The first-order valence-corrected chi connectivity index (χ1v) is 5.37. The van der Waals surface area contributed by atoms with E-state index in [2.05, 4.69) is 30.5 Å². The lowest BCUT2D eigenvalue weighted by atomic mass is 10.4. The van der Waals surface area contributed by atoms with Crippen molar-refractivity contribution in [2.24, 2.45) is 0 Å². The van der Waals surface area contributed by atoms with Gasteiger partial charge in [-0.1, -0.05) is 0 Å². The molecule has 82 valence electrons. The summed E-state index contributed by atoms with van der Waals surface area (Å²) in [4.78, 5) is 10.9. The Balaban J connectivity index is 1.77. The molecule has 3 rings (SSSR count). The molecule has 0 atom stereocenters. The van der Waals surface area contributed by atoms with Gasteiger partial charge in [-0.15, -0.1) is 10.2 Å². The third-order valence-electron chi connectivity index (χ3n) is 2.34. The SMILES string of the molecule is Clc1nccc(Nc2nnc(C3CC3)[nH]2)n1. The number of H-pyrrole nitrogens is 1. The predicted molar refractivity (Wildman–Crippen MR) is 58.7 cm³/mol. The van der Waals surface area contributed by atoms with E-state index in [1.807, 2.05) is 0 Å². The molecule has 0 amide bonds. The highest BCUT2D eigenvalue weighted by Gasteiger charge is 2.27. The van der Waals surface area contributed by atoms with Crippen LogP contribution in [-0.2, 0) is 0 Å². The highest BCUT2D eigenvalue weighted by atomic mass is 35.5. The molecule has 1 saturated carbocycles. The number of nitrogens with zero attached hydrogens (tertiary/aromatic N) is 4. The molecule has 2 aromatic heterocycles. The average molecular weight is 237 g/mol. The maximum atomic E-state index is 5.67. The second kappa shape index (κ2) is 3.71. The van der Waals surface area contributed by atoms with Gasteiger partial charge in [-0.3, -0.25) is 0 Å². The van der Waals surface area contributed by atoms with Crippen LogP contribution in [0.5, 0.6) is 0 Å². The van der Waals surface area contributed by atoms with Crippen molar-refractivity contribution in [3.63, 3.8) is 0 Å². The molecular formula is C9H9ClN6. The van der Waals surface area contributed by atoms with Gasteiger partial charge in [-0.2, -0.15) is 0 Å². The minimum absolute atomic E-state index is 0.201. The molecule has 0 bridgehead atoms. The van der Waals surface area contributed by atoms with Crippen molar-refractivity contribution >= 4 is 23.4 Å². The van der Waals surface area contributed by atoms with Crippen LogP contribution >= 0.6 is 11.6 Å². The van der Waals surface area contributed by atoms with E-state index in [0.717, 1.165) is 5.82 Å². The lowest BCUT2D eigenvalue weighted by molar-refractivity contribution is 0.935. The standard InChI is InChI=1S/C9H9ClN6/c10-8-11-4-3-6(12-8)13-9-14-7(15-16-9)5-1-2-5/h3-5H,1-2H2,(H2,11,12,13,14,15,16). The van der Waals surface area contributed by atoms with E-state index in [9.17, 15) is 0 Å². The number of anilines is 2. The van der Waals surface area contributed by atoms with Gasteiger partial charge < -0.3 is 10.3 Å². The average Bonchev–Trinajstić information content (AvgIpc) is 3.01. The zero-order valence-corrected chi connectivity index (χ0v) is 9.07. The maximum absolute atomic E-state index is 5.67. The first kappa shape index (κ1) is 9.53. The Kier molecular flexibility index (Phi) is 2.21. The molecule has 2 aromatic rings. The first-order chi connectivity index (χ1) is 7.81. The summed E-state index contributed by atoms with van der Waals surface area (Å²) in [5.41, 5.74) is 0. The molecule has 1 aliphatic carbocycles. The second-order valence-electron chi connectivity index (χ2n) is 3.67. The van der Waals surface area contributed by atoms with Crippen molar-refractivity contribution in [1.82, 2.24) is 25.1 Å². The molecule has 6 nitrogen and oxygen atoms in total. The fourth-order valence-electron chi connectivity index (χ4n) is 1.40. The van der Waals surface area contributed by atoms with Gasteiger partial charge in [-0.05, 0) is 30.5 Å². The smallest absolute Gasteiger partial charge is 0.227 e. The first-order valence-electron chi connectivity index (χ1n) is 4.99. The van der Waals surface area contributed by atoms with E-state index in [4.69, 9.17) is 11.6 Å². The van der Waals surface area contributed by atoms with Crippen LogP contribution in [0.25, 0.3) is 0 Å². The van der Waals surface area contributed by atoms with Crippen molar-refractivity contribution in [3.05, 3.63) is 23.4 Å². The minimum atomic E-state index is 0.201. The van der Waals surface area contributed by atoms with E-state index >= 15 is 0 Å². The zero-order valence-electron chi connectivity index (χ0n) is 8.31. The largest absolute Gasteiger partial charge is 0.311 e. The molecule has 0 saturated heterocycles. The minimum Gasteiger partial charge on any atom is -0.311 e. The molecule has 0 aliphatic heterocycles. The Morgan fingerprint density at radius 2 is 2.25 bits per heavy atom. The van der Waals surface area contributed by atoms with Crippen molar-refractivity contribution in [1.29, 1.82) is 0 Å².